The Balaban J connectivity index is 1.49. The molecule has 7 nitrogen and oxygen atoms in total. The van der Waals surface area contributed by atoms with Crippen LogP contribution in [0.3, 0.4) is 0 Å². The minimum Gasteiger partial charge on any atom is -0.497 e. The van der Waals surface area contributed by atoms with Crippen molar-refractivity contribution in [3.63, 3.8) is 0 Å². The highest BCUT2D eigenvalue weighted by Gasteiger charge is 2.19. The number of imidazole rings is 2. The fourth-order valence-electron chi connectivity index (χ4n) is 3.16. The van der Waals surface area contributed by atoms with Crippen molar-refractivity contribution >= 4 is 22.6 Å². The van der Waals surface area contributed by atoms with Crippen LogP contribution in [-0.4, -0.2) is 50.9 Å². The van der Waals surface area contributed by atoms with Crippen molar-refractivity contribution in [3.05, 3.63) is 59.8 Å². The number of carbonyl (C=O) groups excluding carboxylic acids is 1. The Labute approximate surface area is 156 Å². The number of fused-ring (bicyclic) bond motifs is 2. The van der Waals surface area contributed by atoms with Gasteiger partial charge in [0.15, 0.2) is 0 Å². The molecule has 0 spiro atoms. The van der Waals surface area contributed by atoms with Gasteiger partial charge in [0.05, 0.1) is 23.8 Å². The van der Waals surface area contributed by atoms with Crippen LogP contribution in [0, 0.1) is 6.92 Å². The molecule has 0 aliphatic heterocycles. The molecular formula is C20H21N5O2. The topological polar surface area (TPSA) is 75.5 Å². The van der Waals surface area contributed by atoms with E-state index in [0.29, 0.717) is 18.7 Å². The number of aromatic nitrogens is 4. The Morgan fingerprint density at radius 3 is 2.89 bits per heavy atom. The molecule has 0 unspecified atom stereocenters. The first-order valence-corrected chi connectivity index (χ1v) is 8.78. The molecule has 1 amide bonds. The molecular weight excluding hydrogens is 342 g/mol. The van der Waals surface area contributed by atoms with Gasteiger partial charge in [-0.05, 0) is 31.2 Å². The van der Waals surface area contributed by atoms with Crippen LogP contribution in [0.15, 0.2) is 42.6 Å². The highest BCUT2D eigenvalue weighted by atomic mass is 16.5. The van der Waals surface area contributed by atoms with Crippen LogP contribution < -0.4 is 4.74 Å². The Kier molecular flexibility index (Phi) is 4.27. The Morgan fingerprint density at radius 2 is 2.11 bits per heavy atom. The van der Waals surface area contributed by atoms with Crippen molar-refractivity contribution in [2.45, 2.75) is 13.3 Å². The number of nitrogens with zero attached hydrogens (tertiary/aromatic N) is 4. The van der Waals surface area contributed by atoms with Gasteiger partial charge in [-0.2, -0.15) is 0 Å². The number of methoxy groups -OCH3 is 1. The predicted molar refractivity (Wildman–Crippen MR) is 103 cm³/mol. The molecule has 0 saturated carbocycles. The Morgan fingerprint density at radius 1 is 1.26 bits per heavy atom. The zero-order chi connectivity index (χ0) is 19.0. The summed E-state index contributed by atoms with van der Waals surface area (Å²) in [4.78, 5) is 26.8. The number of H-pyrrole nitrogens is 1. The summed E-state index contributed by atoms with van der Waals surface area (Å²) < 4.78 is 7.16. The molecule has 0 aliphatic rings. The van der Waals surface area contributed by atoms with Gasteiger partial charge in [0.25, 0.3) is 5.91 Å². The Bertz CT molecular complexity index is 1130. The zero-order valence-corrected chi connectivity index (χ0v) is 15.6. The van der Waals surface area contributed by atoms with E-state index in [4.69, 9.17) is 4.74 Å². The van der Waals surface area contributed by atoms with Crippen LogP contribution in [0.2, 0.25) is 0 Å². The minimum atomic E-state index is -0.0889. The lowest BCUT2D eigenvalue weighted by molar-refractivity contribution is 0.0790. The number of carbonyl (C=O) groups is 1. The lowest BCUT2D eigenvalue weighted by atomic mass is 10.3. The molecule has 3 aromatic heterocycles. The van der Waals surface area contributed by atoms with Crippen LogP contribution in [0.5, 0.6) is 5.75 Å². The van der Waals surface area contributed by atoms with Crippen molar-refractivity contribution in [1.82, 2.24) is 24.3 Å². The highest BCUT2D eigenvalue weighted by molar-refractivity contribution is 5.94. The van der Waals surface area contributed by atoms with Crippen LogP contribution >= 0.6 is 0 Å². The zero-order valence-electron chi connectivity index (χ0n) is 15.6. The van der Waals surface area contributed by atoms with Gasteiger partial charge >= 0.3 is 0 Å². The first-order chi connectivity index (χ1) is 13.1. The standard InChI is InChI=1S/C20H21N5O2/c1-13-19(23-18-6-4-5-10-25(13)18)20(26)24(2)11-9-17-21-15-8-7-14(27-3)12-16(15)22-17/h4-8,10,12H,9,11H2,1-3H3,(H,21,22). The molecule has 1 aromatic carbocycles. The van der Waals surface area contributed by atoms with Crippen molar-refractivity contribution in [1.29, 1.82) is 0 Å². The van der Waals surface area contributed by atoms with Gasteiger partial charge in [0.1, 0.15) is 22.9 Å². The van der Waals surface area contributed by atoms with Crippen LogP contribution in [0.1, 0.15) is 22.0 Å². The van der Waals surface area contributed by atoms with Gasteiger partial charge in [-0.15, -0.1) is 0 Å². The van der Waals surface area contributed by atoms with Crippen molar-refractivity contribution < 1.29 is 9.53 Å². The molecule has 0 fully saturated rings. The number of amides is 1. The largest absolute Gasteiger partial charge is 0.497 e. The van der Waals surface area contributed by atoms with E-state index in [2.05, 4.69) is 15.0 Å². The first kappa shape index (κ1) is 17.1. The van der Waals surface area contributed by atoms with Crippen LogP contribution in [0.4, 0.5) is 0 Å². The average Bonchev–Trinajstić information content (AvgIpc) is 3.25. The van der Waals surface area contributed by atoms with E-state index in [-0.39, 0.29) is 5.91 Å². The van der Waals surface area contributed by atoms with Gasteiger partial charge in [-0.1, -0.05) is 6.07 Å². The van der Waals surface area contributed by atoms with E-state index >= 15 is 0 Å². The molecule has 4 aromatic rings. The molecule has 0 saturated heterocycles. The van der Waals surface area contributed by atoms with E-state index < -0.39 is 0 Å². The summed E-state index contributed by atoms with van der Waals surface area (Å²) in [6.07, 6.45) is 2.54. The molecule has 1 N–H and O–H groups in total. The number of likely N-dealkylation sites (N-methyl/N-ethyl adjacent to an activating group) is 1. The summed E-state index contributed by atoms with van der Waals surface area (Å²) in [6, 6.07) is 11.5. The van der Waals surface area contributed by atoms with Gasteiger partial charge in [0, 0.05) is 32.3 Å². The molecule has 138 valence electrons. The van der Waals surface area contributed by atoms with Gasteiger partial charge in [0.2, 0.25) is 0 Å². The van der Waals surface area contributed by atoms with Gasteiger partial charge in [-0.3, -0.25) is 4.79 Å². The van der Waals surface area contributed by atoms with Crippen molar-refractivity contribution in [2.24, 2.45) is 0 Å². The minimum absolute atomic E-state index is 0.0889. The van der Waals surface area contributed by atoms with Crippen molar-refractivity contribution in [3.8, 4) is 5.75 Å². The summed E-state index contributed by atoms with van der Waals surface area (Å²) in [7, 11) is 3.43. The quantitative estimate of drug-likeness (QED) is 0.592. The average molecular weight is 363 g/mol. The van der Waals surface area contributed by atoms with E-state index in [0.717, 1.165) is 33.9 Å². The summed E-state index contributed by atoms with van der Waals surface area (Å²) in [5, 5.41) is 0. The summed E-state index contributed by atoms with van der Waals surface area (Å²) in [6.45, 7) is 2.46. The molecule has 0 radical (unpaired) electrons. The molecule has 3 heterocycles. The number of hydrogen-bond donors (Lipinski definition) is 1. The number of nitrogens with one attached hydrogen (secondary N) is 1. The third kappa shape index (κ3) is 3.12. The van der Waals surface area contributed by atoms with Crippen LogP contribution in [0.25, 0.3) is 16.7 Å². The van der Waals surface area contributed by atoms with E-state index in [1.165, 1.54) is 0 Å². The highest BCUT2D eigenvalue weighted by Crippen LogP contribution is 2.19. The maximum absolute atomic E-state index is 12.8. The summed E-state index contributed by atoms with van der Waals surface area (Å²) >= 11 is 0. The van der Waals surface area contributed by atoms with E-state index in [1.54, 1.807) is 19.1 Å². The molecule has 4 rings (SSSR count). The molecule has 0 atom stereocenters. The lowest BCUT2D eigenvalue weighted by Gasteiger charge is -2.15. The van der Waals surface area contributed by atoms with Crippen LogP contribution in [-0.2, 0) is 6.42 Å². The molecule has 27 heavy (non-hydrogen) atoms. The fourth-order valence-corrected chi connectivity index (χ4v) is 3.16. The fraction of sp³-hybridized carbons (Fsp3) is 0.250. The molecule has 0 aliphatic carbocycles. The number of ether oxygens (including phenoxy) is 1. The number of aromatic amines is 1. The number of pyridine rings is 1. The number of rotatable bonds is 5. The number of aryl methyl sites for hydroxylation is 1. The predicted octanol–water partition coefficient (Wildman–Crippen LogP) is 2.84. The normalized spacial score (nSPS) is 11.2. The molecule has 7 heteroatoms. The maximum atomic E-state index is 12.8. The lowest BCUT2D eigenvalue weighted by Crippen LogP contribution is -2.29. The molecule has 0 bridgehead atoms. The first-order valence-electron chi connectivity index (χ1n) is 8.78. The SMILES string of the molecule is COc1ccc2nc(CCN(C)C(=O)c3nc4ccccn4c3C)[nH]c2c1. The van der Waals surface area contributed by atoms with Gasteiger partial charge in [-0.25, -0.2) is 9.97 Å². The summed E-state index contributed by atoms with van der Waals surface area (Å²) in [5.74, 6) is 1.53. The summed E-state index contributed by atoms with van der Waals surface area (Å²) in [5.41, 5.74) is 3.92. The third-order valence-corrected chi connectivity index (χ3v) is 4.74. The third-order valence-electron chi connectivity index (χ3n) is 4.74. The second-order valence-corrected chi connectivity index (χ2v) is 6.52. The van der Waals surface area contributed by atoms with Gasteiger partial charge < -0.3 is 19.0 Å². The maximum Gasteiger partial charge on any atom is 0.274 e. The van der Waals surface area contributed by atoms with Crippen molar-refractivity contribution in [2.75, 3.05) is 20.7 Å². The smallest absolute Gasteiger partial charge is 0.274 e. The van der Waals surface area contributed by atoms with E-state index in [1.807, 2.05) is 53.9 Å². The second-order valence-electron chi connectivity index (χ2n) is 6.52. The number of hydrogen-bond acceptors (Lipinski definition) is 4. The monoisotopic (exact) mass is 363 g/mol. The van der Waals surface area contributed by atoms with E-state index in [9.17, 15) is 4.79 Å². The number of benzene rings is 1. The second kappa shape index (κ2) is 6.75. The Hall–Kier alpha value is -3.35.